The van der Waals surface area contributed by atoms with Crippen molar-refractivity contribution < 1.29 is 9.52 Å². The summed E-state index contributed by atoms with van der Waals surface area (Å²) in [6, 6.07) is 3.40. The number of aliphatic hydroxyl groups is 1. The normalized spacial score (nSPS) is 19.4. The van der Waals surface area contributed by atoms with E-state index in [9.17, 15) is 5.11 Å². The zero-order chi connectivity index (χ0) is 12.0. The molecule has 2 aromatic heterocycles. The quantitative estimate of drug-likeness (QED) is 0.869. The van der Waals surface area contributed by atoms with E-state index in [1.54, 1.807) is 12.1 Å². The highest BCUT2D eigenvalue weighted by atomic mass is 35.5. The lowest BCUT2D eigenvalue weighted by Gasteiger charge is -2.20. The van der Waals surface area contributed by atoms with E-state index in [1.165, 1.54) is 0 Å². The second-order valence-electron chi connectivity index (χ2n) is 4.08. The summed E-state index contributed by atoms with van der Waals surface area (Å²) in [4.78, 5) is 4.28. The van der Waals surface area contributed by atoms with Gasteiger partial charge in [0, 0.05) is 0 Å². The molecule has 17 heavy (non-hydrogen) atoms. The zero-order valence-corrected chi connectivity index (χ0v) is 10.4. The summed E-state index contributed by atoms with van der Waals surface area (Å²) >= 11 is 11.8. The van der Waals surface area contributed by atoms with Gasteiger partial charge in [0.1, 0.15) is 0 Å². The van der Waals surface area contributed by atoms with Gasteiger partial charge in [0.25, 0.3) is 0 Å². The van der Waals surface area contributed by atoms with Crippen LogP contribution in [0.3, 0.4) is 0 Å². The molecule has 0 aliphatic carbocycles. The van der Waals surface area contributed by atoms with Gasteiger partial charge in [-0.05, 0) is 36.6 Å². The summed E-state index contributed by atoms with van der Waals surface area (Å²) in [6.07, 6.45) is 1.07. The monoisotopic (exact) mass is 272 g/mol. The Labute approximate surface area is 108 Å². The molecule has 0 fully saturated rings. The number of fused-ring (bicyclic) bond motifs is 1. The number of aliphatic hydroxyl groups excluding tert-OH is 1. The van der Waals surface area contributed by atoms with Crippen LogP contribution in [0.2, 0.25) is 10.4 Å². The average Bonchev–Trinajstić information content (AvgIpc) is 2.83. The summed E-state index contributed by atoms with van der Waals surface area (Å²) < 4.78 is 7.22. The van der Waals surface area contributed by atoms with Crippen LogP contribution in [0.1, 0.15) is 12.1 Å². The second-order valence-corrected chi connectivity index (χ2v) is 4.81. The van der Waals surface area contributed by atoms with Gasteiger partial charge in [-0.1, -0.05) is 11.6 Å². The van der Waals surface area contributed by atoms with Crippen molar-refractivity contribution in [3.8, 4) is 11.6 Å². The molecule has 0 radical (unpaired) electrons. The number of nitrogens with zero attached hydrogens (tertiary/aromatic N) is 2. The first-order valence-electron chi connectivity index (χ1n) is 5.34. The van der Waals surface area contributed by atoms with E-state index in [0.717, 1.165) is 12.1 Å². The summed E-state index contributed by atoms with van der Waals surface area (Å²) in [5, 5.41) is 10.5. The molecule has 2 aromatic rings. The van der Waals surface area contributed by atoms with Crippen molar-refractivity contribution in [1.82, 2.24) is 9.55 Å². The fourth-order valence-electron chi connectivity index (χ4n) is 2.12. The molecule has 0 saturated carbocycles. The molecule has 1 atom stereocenters. The largest absolute Gasteiger partial charge is 0.441 e. The third-order valence-corrected chi connectivity index (χ3v) is 3.43. The summed E-state index contributed by atoms with van der Waals surface area (Å²) in [5.74, 6) is 1.19. The molecule has 1 N–H and O–H groups in total. The molecule has 0 spiro atoms. The van der Waals surface area contributed by atoms with Crippen LogP contribution in [0.15, 0.2) is 16.5 Å². The van der Waals surface area contributed by atoms with E-state index in [1.807, 2.05) is 4.57 Å². The first kappa shape index (κ1) is 11.1. The highest BCUT2D eigenvalue weighted by Crippen LogP contribution is 2.31. The number of aromatic nitrogens is 2. The van der Waals surface area contributed by atoms with Crippen LogP contribution in [0.25, 0.3) is 11.6 Å². The predicted molar refractivity (Wildman–Crippen MR) is 64.3 cm³/mol. The number of hydrogen-bond donors (Lipinski definition) is 1. The molecule has 1 aliphatic heterocycles. The van der Waals surface area contributed by atoms with Gasteiger partial charge in [0.2, 0.25) is 0 Å². The third kappa shape index (κ3) is 1.86. The van der Waals surface area contributed by atoms with Crippen molar-refractivity contribution in [2.24, 2.45) is 0 Å². The topological polar surface area (TPSA) is 51.2 Å². The van der Waals surface area contributed by atoms with Gasteiger partial charge < -0.3 is 14.1 Å². The first-order chi connectivity index (χ1) is 8.15. The Balaban J connectivity index is 2.12. The van der Waals surface area contributed by atoms with Gasteiger partial charge in [0.15, 0.2) is 22.0 Å². The maximum Gasteiger partial charge on any atom is 0.194 e. The summed E-state index contributed by atoms with van der Waals surface area (Å²) in [5.41, 5.74) is 0.944. The number of hydrogen-bond acceptors (Lipinski definition) is 3. The minimum absolute atomic E-state index is 0.310. The molecule has 6 heteroatoms. The van der Waals surface area contributed by atoms with Crippen LogP contribution in [-0.4, -0.2) is 20.8 Å². The molecular weight excluding hydrogens is 263 g/mol. The Bertz CT molecular complexity index is 562. The molecule has 0 bridgehead atoms. The smallest absolute Gasteiger partial charge is 0.194 e. The SMILES string of the molecule is OC1CCc2c(Cl)nc(-c3ccc(Cl)o3)n2C1. The van der Waals surface area contributed by atoms with Gasteiger partial charge in [-0.15, -0.1) is 0 Å². The van der Waals surface area contributed by atoms with Crippen molar-refractivity contribution in [3.05, 3.63) is 28.2 Å². The molecule has 90 valence electrons. The molecule has 4 nitrogen and oxygen atoms in total. The van der Waals surface area contributed by atoms with Crippen molar-refractivity contribution in [3.63, 3.8) is 0 Å². The summed E-state index contributed by atoms with van der Waals surface area (Å²) in [7, 11) is 0. The number of rotatable bonds is 1. The fourth-order valence-corrected chi connectivity index (χ4v) is 2.54. The minimum atomic E-state index is -0.364. The molecule has 0 aromatic carbocycles. The third-order valence-electron chi connectivity index (χ3n) is 2.92. The minimum Gasteiger partial charge on any atom is -0.441 e. The molecule has 3 rings (SSSR count). The second kappa shape index (κ2) is 4.05. The van der Waals surface area contributed by atoms with E-state index in [2.05, 4.69) is 4.98 Å². The Kier molecular flexibility index (Phi) is 2.65. The zero-order valence-electron chi connectivity index (χ0n) is 8.86. The van der Waals surface area contributed by atoms with E-state index in [0.29, 0.717) is 34.9 Å². The fraction of sp³-hybridized carbons (Fsp3) is 0.364. The van der Waals surface area contributed by atoms with Gasteiger partial charge in [-0.2, -0.15) is 0 Å². The molecule has 1 unspecified atom stereocenters. The maximum absolute atomic E-state index is 9.69. The standard InChI is InChI=1S/C11H10Cl2N2O2/c12-9-4-3-8(17-9)11-14-10(13)7-2-1-6(16)5-15(7)11/h3-4,6,16H,1-2,5H2. The molecule has 3 heterocycles. The van der Waals surface area contributed by atoms with Crippen LogP contribution in [0.5, 0.6) is 0 Å². The van der Waals surface area contributed by atoms with Crippen LogP contribution < -0.4 is 0 Å². The molecule has 1 aliphatic rings. The lowest BCUT2D eigenvalue weighted by Crippen LogP contribution is -2.24. The molecular formula is C11H10Cl2N2O2. The van der Waals surface area contributed by atoms with Gasteiger partial charge in [-0.3, -0.25) is 0 Å². The molecule has 0 saturated heterocycles. The van der Waals surface area contributed by atoms with Crippen LogP contribution in [-0.2, 0) is 13.0 Å². The Morgan fingerprint density at radius 3 is 2.94 bits per heavy atom. The highest BCUT2D eigenvalue weighted by molar-refractivity contribution is 6.30. The van der Waals surface area contributed by atoms with Gasteiger partial charge >= 0.3 is 0 Å². The average molecular weight is 273 g/mol. The van der Waals surface area contributed by atoms with E-state index in [-0.39, 0.29) is 6.10 Å². The van der Waals surface area contributed by atoms with Crippen molar-refractivity contribution >= 4 is 23.2 Å². The number of halogens is 2. The number of furan rings is 1. The Hall–Kier alpha value is -0.970. The van der Waals surface area contributed by atoms with Crippen LogP contribution in [0, 0.1) is 0 Å². The van der Waals surface area contributed by atoms with Crippen molar-refractivity contribution in [2.75, 3.05) is 0 Å². The van der Waals surface area contributed by atoms with Crippen molar-refractivity contribution in [2.45, 2.75) is 25.5 Å². The van der Waals surface area contributed by atoms with Crippen molar-refractivity contribution in [1.29, 1.82) is 0 Å². The van der Waals surface area contributed by atoms with Gasteiger partial charge in [0.05, 0.1) is 18.3 Å². The van der Waals surface area contributed by atoms with E-state index in [4.69, 9.17) is 27.6 Å². The Morgan fingerprint density at radius 2 is 2.24 bits per heavy atom. The highest BCUT2D eigenvalue weighted by Gasteiger charge is 2.25. The lowest BCUT2D eigenvalue weighted by atomic mass is 10.1. The lowest BCUT2D eigenvalue weighted by molar-refractivity contribution is 0.132. The predicted octanol–water partition coefficient (Wildman–Crippen LogP) is 2.76. The van der Waals surface area contributed by atoms with Crippen LogP contribution in [0.4, 0.5) is 0 Å². The summed E-state index contributed by atoms with van der Waals surface area (Å²) in [6.45, 7) is 0.489. The maximum atomic E-state index is 9.69. The van der Waals surface area contributed by atoms with Gasteiger partial charge in [-0.25, -0.2) is 4.98 Å². The number of imidazole rings is 1. The molecule has 0 amide bonds. The van der Waals surface area contributed by atoms with Crippen LogP contribution >= 0.6 is 23.2 Å². The Morgan fingerprint density at radius 1 is 1.41 bits per heavy atom. The first-order valence-corrected chi connectivity index (χ1v) is 6.09. The van der Waals surface area contributed by atoms with E-state index < -0.39 is 0 Å². The van der Waals surface area contributed by atoms with E-state index >= 15 is 0 Å².